The molecule has 19 heavy (non-hydrogen) atoms. The lowest BCUT2D eigenvalue weighted by molar-refractivity contribution is 0.0698. The van der Waals surface area contributed by atoms with Crippen molar-refractivity contribution in [3.8, 4) is 17.0 Å². The van der Waals surface area contributed by atoms with Gasteiger partial charge >= 0.3 is 5.97 Å². The van der Waals surface area contributed by atoms with Crippen LogP contribution in [0, 0.1) is 0 Å². The molecule has 1 aromatic carbocycles. The van der Waals surface area contributed by atoms with Crippen LogP contribution in [0.15, 0.2) is 30.6 Å². The number of carbonyl (C=O) groups is 1. The highest BCUT2D eigenvalue weighted by molar-refractivity contribution is 6.02. The molecule has 0 aliphatic heterocycles. The van der Waals surface area contributed by atoms with E-state index in [-0.39, 0.29) is 11.3 Å². The third-order valence-electron chi connectivity index (χ3n) is 3.11. The number of H-pyrrole nitrogens is 1. The summed E-state index contributed by atoms with van der Waals surface area (Å²) in [4.78, 5) is 11.1. The number of aromatic carboxylic acids is 1. The maximum Gasteiger partial charge on any atom is 0.339 e. The van der Waals surface area contributed by atoms with Gasteiger partial charge in [0.1, 0.15) is 11.3 Å². The van der Waals surface area contributed by atoms with Crippen molar-refractivity contribution in [3.05, 3.63) is 36.2 Å². The summed E-state index contributed by atoms with van der Waals surface area (Å²) in [5.74, 6) is -0.858. The van der Waals surface area contributed by atoms with Gasteiger partial charge in [0.2, 0.25) is 0 Å². The van der Waals surface area contributed by atoms with Gasteiger partial charge < -0.3 is 14.8 Å². The molecule has 0 fully saturated rings. The number of rotatable bonds is 2. The second kappa shape index (κ2) is 3.88. The molecule has 0 bridgehead atoms. The number of nitrogens with one attached hydrogen (secondary N) is 1. The molecule has 0 aliphatic rings. The van der Waals surface area contributed by atoms with Crippen LogP contribution in [0.3, 0.4) is 0 Å². The number of aryl methyl sites for hydroxylation is 1. The molecule has 0 spiro atoms. The Hall–Kier alpha value is -2.76. The van der Waals surface area contributed by atoms with Gasteiger partial charge in [-0.1, -0.05) is 0 Å². The average Bonchev–Trinajstić information content (AvgIpc) is 2.94. The van der Waals surface area contributed by atoms with Crippen molar-refractivity contribution in [3.63, 3.8) is 0 Å². The molecule has 0 atom stereocenters. The van der Waals surface area contributed by atoms with Gasteiger partial charge in [0, 0.05) is 30.3 Å². The van der Waals surface area contributed by atoms with E-state index in [1.54, 1.807) is 18.2 Å². The SMILES string of the molecule is Cn1cc(-c2[nH]ncc2C(=O)O)c2ccc(O)cc21. The molecule has 96 valence electrons. The Balaban J connectivity index is 2.31. The van der Waals surface area contributed by atoms with Crippen LogP contribution in [0.2, 0.25) is 0 Å². The summed E-state index contributed by atoms with van der Waals surface area (Å²) >= 11 is 0. The van der Waals surface area contributed by atoms with E-state index in [4.69, 9.17) is 5.11 Å². The molecule has 6 nitrogen and oxygen atoms in total. The van der Waals surface area contributed by atoms with Crippen molar-refractivity contribution in [2.45, 2.75) is 0 Å². The minimum absolute atomic E-state index is 0.126. The van der Waals surface area contributed by atoms with E-state index in [1.807, 2.05) is 17.8 Å². The van der Waals surface area contributed by atoms with Crippen LogP contribution >= 0.6 is 0 Å². The first-order valence-corrected chi connectivity index (χ1v) is 5.63. The summed E-state index contributed by atoms with van der Waals surface area (Å²) < 4.78 is 1.83. The van der Waals surface area contributed by atoms with Crippen molar-refractivity contribution in [2.24, 2.45) is 7.05 Å². The number of carboxylic acids is 1. The number of benzene rings is 1. The van der Waals surface area contributed by atoms with Crippen LogP contribution in [0.1, 0.15) is 10.4 Å². The van der Waals surface area contributed by atoms with Gasteiger partial charge in [-0.2, -0.15) is 5.10 Å². The maximum absolute atomic E-state index is 11.1. The van der Waals surface area contributed by atoms with Crippen molar-refractivity contribution in [1.82, 2.24) is 14.8 Å². The normalized spacial score (nSPS) is 11.0. The lowest BCUT2D eigenvalue weighted by Crippen LogP contribution is -1.96. The molecular weight excluding hydrogens is 246 g/mol. The fourth-order valence-corrected chi connectivity index (χ4v) is 2.23. The van der Waals surface area contributed by atoms with Crippen molar-refractivity contribution in [2.75, 3.05) is 0 Å². The predicted molar refractivity (Wildman–Crippen MR) is 69.1 cm³/mol. The molecule has 6 heteroatoms. The average molecular weight is 257 g/mol. The predicted octanol–water partition coefficient (Wildman–Crippen LogP) is 1.97. The van der Waals surface area contributed by atoms with Gasteiger partial charge in [-0.15, -0.1) is 0 Å². The third kappa shape index (κ3) is 1.65. The van der Waals surface area contributed by atoms with Crippen molar-refractivity contribution >= 4 is 16.9 Å². The van der Waals surface area contributed by atoms with Crippen LogP contribution < -0.4 is 0 Å². The fourth-order valence-electron chi connectivity index (χ4n) is 2.23. The number of carboxylic acid groups (broad SMARTS) is 1. The number of aromatic amines is 1. The van der Waals surface area contributed by atoms with Gasteiger partial charge in [-0.05, 0) is 12.1 Å². The fraction of sp³-hybridized carbons (Fsp3) is 0.0769. The number of nitrogens with zero attached hydrogens (tertiary/aromatic N) is 2. The van der Waals surface area contributed by atoms with Gasteiger partial charge in [0.15, 0.2) is 0 Å². The van der Waals surface area contributed by atoms with E-state index in [0.29, 0.717) is 5.69 Å². The number of fused-ring (bicyclic) bond motifs is 1. The van der Waals surface area contributed by atoms with Crippen molar-refractivity contribution < 1.29 is 15.0 Å². The van der Waals surface area contributed by atoms with Gasteiger partial charge in [0.05, 0.1) is 17.4 Å². The summed E-state index contributed by atoms with van der Waals surface area (Å²) in [7, 11) is 1.84. The molecule has 0 unspecified atom stereocenters. The highest BCUT2D eigenvalue weighted by atomic mass is 16.4. The first kappa shape index (κ1) is 11.3. The number of aromatic hydroxyl groups is 1. The minimum Gasteiger partial charge on any atom is -0.508 e. The summed E-state index contributed by atoms with van der Waals surface area (Å²) in [6, 6.07) is 4.96. The Kier molecular flexibility index (Phi) is 2.31. The largest absolute Gasteiger partial charge is 0.508 e. The summed E-state index contributed by atoms with van der Waals surface area (Å²) in [6.45, 7) is 0. The second-order valence-electron chi connectivity index (χ2n) is 4.32. The maximum atomic E-state index is 11.1. The van der Waals surface area contributed by atoms with Crippen LogP contribution in [-0.2, 0) is 7.05 Å². The highest BCUT2D eigenvalue weighted by Gasteiger charge is 2.18. The Bertz CT molecular complexity index is 786. The highest BCUT2D eigenvalue weighted by Crippen LogP contribution is 2.32. The first-order chi connectivity index (χ1) is 9.08. The first-order valence-electron chi connectivity index (χ1n) is 5.63. The lowest BCUT2D eigenvalue weighted by Gasteiger charge is -1.98. The van der Waals surface area contributed by atoms with Crippen LogP contribution in [0.25, 0.3) is 22.2 Å². The summed E-state index contributed by atoms with van der Waals surface area (Å²) in [5, 5.41) is 26.0. The molecule has 0 saturated heterocycles. The molecule has 3 rings (SSSR count). The van der Waals surface area contributed by atoms with E-state index in [0.717, 1.165) is 16.5 Å². The van der Waals surface area contributed by atoms with Crippen LogP contribution in [0.4, 0.5) is 0 Å². The summed E-state index contributed by atoms with van der Waals surface area (Å²) in [5.41, 5.74) is 2.15. The Morgan fingerprint density at radius 2 is 2.21 bits per heavy atom. The lowest BCUT2D eigenvalue weighted by atomic mass is 10.1. The quantitative estimate of drug-likeness (QED) is 0.654. The molecular formula is C13H11N3O3. The van der Waals surface area contributed by atoms with Crippen molar-refractivity contribution in [1.29, 1.82) is 0 Å². The number of phenols is 1. The van der Waals surface area contributed by atoms with Crippen LogP contribution in [0.5, 0.6) is 5.75 Å². The Labute approximate surface area is 107 Å². The van der Waals surface area contributed by atoms with E-state index < -0.39 is 5.97 Å². The third-order valence-corrected chi connectivity index (χ3v) is 3.11. The Morgan fingerprint density at radius 1 is 1.42 bits per heavy atom. The molecule has 0 aliphatic carbocycles. The summed E-state index contributed by atoms with van der Waals surface area (Å²) in [6.07, 6.45) is 3.10. The second-order valence-corrected chi connectivity index (χ2v) is 4.32. The number of phenolic OH excluding ortho intramolecular Hbond substituents is 1. The topological polar surface area (TPSA) is 91.1 Å². The molecule has 2 aromatic heterocycles. The molecule has 2 heterocycles. The standard InChI is InChI=1S/C13H11N3O3/c1-16-6-10(8-3-2-7(17)4-11(8)16)12-9(13(18)19)5-14-15-12/h2-6,17H,1H3,(H,14,15)(H,18,19). The van der Waals surface area contributed by atoms with Gasteiger partial charge in [0.25, 0.3) is 0 Å². The number of hydrogen-bond donors (Lipinski definition) is 3. The zero-order valence-electron chi connectivity index (χ0n) is 10.1. The van der Waals surface area contributed by atoms with E-state index in [1.165, 1.54) is 6.20 Å². The van der Waals surface area contributed by atoms with E-state index in [9.17, 15) is 9.90 Å². The number of hydrogen-bond acceptors (Lipinski definition) is 3. The zero-order chi connectivity index (χ0) is 13.6. The van der Waals surface area contributed by atoms with E-state index in [2.05, 4.69) is 10.2 Å². The molecule has 3 aromatic rings. The number of aromatic nitrogens is 3. The zero-order valence-corrected chi connectivity index (χ0v) is 10.1. The molecule has 0 amide bonds. The Morgan fingerprint density at radius 3 is 2.95 bits per heavy atom. The molecule has 0 saturated carbocycles. The monoisotopic (exact) mass is 257 g/mol. The van der Waals surface area contributed by atoms with Crippen LogP contribution in [-0.4, -0.2) is 30.9 Å². The smallest absolute Gasteiger partial charge is 0.339 e. The van der Waals surface area contributed by atoms with Gasteiger partial charge in [-0.25, -0.2) is 4.79 Å². The van der Waals surface area contributed by atoms with E-state index >= 15 is 0 Å². The molecule has 3 N–H and O–H groups in total. The molecule has 0 radical (unpaired) electrons. The van der Waals surface area contributed by atoms with Gasteiger partial charge in [-0.3, -0.25) is 5.10 Å². The minimum atomic E-state index is -1.03.